The second kappa shape index (κ2) is 8.03. The Labute approximate surface area is 147 Å². The minimum Gasteiger partial charge on any atom is -0.202 e. The lowest BCUT2D eigenvalue weighted by molar-refractivity contribution is 0.373. The zero-order valence-corrected chi connectivity index (χ0v) is 14.6. The van der Waals surface area contributed by atoms with E-state index in [0.717, 1.165) is 38.2 Å². The lowest BCUT2D eigenvalue weighted by Gasteiger charge is -2.29. The Morgan fingerprint density at radius 1 is 0.920 bits per heavy atom. The molecule has 1 nitrogen and oxygen atoms in total. The Balaban J connectivity index is 1.63. The molecule has 0 amide bonds. The van der Waals surface area contributed by atoms with Crippen molar-refractivity contribution in [2.24, 2.45) is 0 Å². The highest BCUT2D eigenvalue weighted by molar-refractivity contribution is 5.27. The SMILES string of the molecule is CCCCc1ccc(C2CCC(c3cc(F)c(F)nc3F)CC2)cc1. The van der Waals surface area contributed by atoms with Crippen LogP contribution >= 0.6 is 0 Å². The quantitative estimate of drug-likeness (QED) is 0.580. The molecule has 4 heteroatoms. The maximum absolute atomic E-state index is 13.9. The van der Waals surface area contributed by atoms with Crippen molar-refractivity contribution >= 4 is 0 Å². The van der Waals surface area contributed by atoms with Crippen molar-refractivity contribution in [1.82, 2.24) is 4.98 Å². The smallest absolute Gasteiger partial charge is 0.202 e. The van der Waals surface area contributed by atoms with Gasteiger partial charge in [0.25, 0.3) is 5.95 Å². The largest absolute Gasteiger partial charge is 0.251 e. The summed E-state index contributed by atoms with van der Waals surface area (Å²) >= 11 is 0. The summed E-state index contributed by atoms with van der Waals surface area (Å²) in [4.78, 5) is 3.05. The van der Waals surface area contributed by atoms with E-state index in [0.29, 0.717) is 5.92 Å². The number of aromatic nitrogens is 1. The van der Waals surface area contributed by atoms with E-state index in [1.54, 1.807) is 0 Å². The van der Waals surface area contributed by atoms with Crippen molar-refractivity contribution in [3.63, 3.8) is 0 Å². The number of unbranched alkanes of at least 4 members (excludes halogenated alkanes) is 1. The van der Waals surface area contributed by atoms with Gasteiger partial charge in [-0.3, -0.25) is 0 Å². The molecule has 0 saturated heterocycles. The Kier molecular flexibility index (Phi) is 5.77. The van der Waals surface area contributed by atoms with Gasteiger partial charge in [-0.15, -0.1) is 0 Å². The standard InChI is InChI=1S/C21H24F3N/c1-2-3-4-14-5-7-15(8-6-14)16-9-11-17(12-10-16)18-13-19(22)21(24)25-20(18)23/h5-8,13,16-17H,2-4,9-12H2,1H3. The predicted octanol–water partition coefficient (Wildman–Crippen LogP) is 6.28. The molecule has 1 saturated carbocycles. The van der Waals surface area contributed by atoms with Crippen LogP contribution in [0.15, 0.2) is 30.3 Å². The number of benzene rings is 1. The first-order valence-corrected chi connectivity index (χ1v) is 9.18. The van der Waals surface area contributed by atoms with E-state index in [4.69, 9.17) is 0 Å². The highest BCUT2D eigenvalue weighted by Gasteiger charge is 2.27. The number of hydrogen-bond donors (Lipinski definition) is 0. The first kappa shape index (κ1) is 18.0. The summed E-state index contributed by atoms with van der Waals surface area (Å²) in [5.74, 6) is -2.93. The zero-order valence-electron chi connectivity index (χ0n) is 14.6. The van der Waals surface area contributed by atoms with E-state index in [1.807, 2.05) is 0 Å². The Bertz CT molecular complexity index is 704. The molecular formula is C21H24F3N. The second-order valence-electron chi connectivity index (χ2n) is 7.03. The molecule has 2 aromatic rings. The van der Waals surface area contributed by atoms with Crippen molar-refractivity contribution in [2.75, 3.05) is 0 Å². The van der Waals surface area contributed by atoms with Crippen LogP contribution in [-0.2, 0) is 6.42 Å². The number of aryl methyl sites for hydroxylation is 1. The van der Waals surface area contributed by atoms with E-state index in [1.165, 1.54) is 24.0 Å². The maximum Gasteiger partial charge on any atom is 0.251 e. The summed E-state index contributed by atoms with van der Waals surface area (Å²) in [5.41, 5.74) is 2.91. The predicted molar refractivity (Wildman–Crippen MR) is 93.1 cm³/mol. The lowest BCUT2D eigenvalue weighted by atomic mass is 9.76. The van der Waals surface area contributed by atoms with Crippen LogP contribution in [0.4, 0.5) is 13.2 Å². The summed E-state index contributed by atoms with van der Waals surface area (Å²) in [7, 11) is 0. The van der Waals surface area contributed by atoms with E-state index < -0.39 is 17.7 Å². The fourth-order valence-corrected chi connectivity index (χ4v) is 3.82. The van der Waals surface area contributed by atoms with E-state index in [2.05, 4.69) is 36.2 Å². The Morgan fingerprint density at radius 2 is 1.56 bits per heavy atom. The molecule has 1 aliphatic rings. The van der Waals surface area contributed by atoms with Gasteiger partial charge in [-0.1, -0.05) is 37.6 Å². The fraction of sp³-hybridized carbons (Fsp3) is 0.476. The summed E-state index contributed by atoms with van der Waals surface area (Å²) < 4.78 is 40.2. The van der Waals surface area contributed by atoms with Gasteiger partial charge in [-0.2, -0.15) is 13.8 Å². The van der Waals surface area contributed by atoms with Crippen molar-refractivity contribution in [3.05, 3.63) is 64.7 Å². The lowest BCUT2D eigenvalue weighted by Crippen LogP contribution is -2.14. The second-order valence-corrected chi connectivity index (χ2v) is 7.03. The minimum absolute atomic E-state index is 0.0809. The third-order valence-corrected chi connectivity index (χ3v) is 5.35. The van der Waals surface area contributed by atoms with Crippen LogP contribution in [0.2, 0.25) is 0 Å². The number of rotatable bonds is 5. The number of halogens is 3. The van der Waals surface area contributed by atoms with Crippen molar-refractivity contribution in [3.8, 4) is 0 Å². The van der Waals surface area contributed by atoms with Crippen LogP contribution < -0.4 is 0 Å². The number of hydrogen-bond acceptors (Lipinski definition) is 1. The number of nitrogens with zero attached hydrogens (tertiary/aromatic N) is 1. The van der Waals surface area contributed by atoms with Gasteiger partial charge in [0.1, 0.15) is 0 Å². The average Bonchev–Trinajstić information content (AvgIpc) is 2.64. The molecule has 1 fully saturated rings. The van der Waals surface area contributed by atoms with Gasteiger partial charge in [0, 0.05) is 5.56 Å². The van der Waals surface area contributed by atoms with E-state index in [9.17, 15) is 13.2 Å². The van der Waals surface area contributed by atoms with E-state index >= 15 is 0 Å². The van der Waals surface area contributed by atoms with Crippen LogP contribution in [0.1, 0.15) is 74.0 Å². The molecule has 25 heavy (non-hydrogen) atoms. The molecule has 0 spiro atoms. The van der Waals surface area contributed by atoms with Crippen LogP contribution in [-0.4, -0.2) is 4.98 Å². The fourth-order valence-electron chi connectivity index (χ4n) is 3.82. The first-order valence-electron chi connectivity index (χ1n) is 9.18. The van der Waals surface area contributed by atoms with Crippen molar-refractivity contribution in [2.45, 2.75) is 63.7 Å². The summed E-state index contributed by atoms with van der Waals surface area (Å²) in [6.07, 6.45) is 6.91. The Morgan fingerprint density at radius 3 is 2.20 bits per heavy atom. The molecule has 0 atom stereocenters. The molecule has 0 aliphatic heterocycles. The summed E-state index contributed by atoms with van der Waals surface area (Å²) in [6, 6.07) is 9.79. The molecule has 134 valence electrons. The highest BCUT2D eigenvalue weighted by Crippen LogP contribution is 2.41. The van der Waals surface area contributed by atoms with Gasteiger partial charge >= 0.3 is 0 Å². The molecule has 3 rings (SSSR count). The molecule has 0 radical (unpaired) electrons. The monoisotopic (exact) mass is 347 g/mol. The third-order valence-electron chi connectivity index (χ3n) is 5.35. The third kappa shape index (κ3) is 4.23. The van der Waals surface area contributed by atoms with E-state index in [-0.39, 0.29) is 11.5 Å². The molecule has 0 N–H and O–H groups in total. The van der Waals surface area contributed by atoms with Gasteiger partial charge in [-0.25, -0.2) is 4.39 Å². The molecule has 0 unspecified atom stereocenters. The van der Waals surface area contributed by atoms with Crippen LogP contribution in [0.5, 0.6) is 0 Å². The van der Waals surface area contributed by atoms with Gasteiger partial charge in [-0.05, 0) is 67.6 Å². The molecular weight excluding hydrogens is 323 g/mol. The van der Waals surface area contributed by atoms with Gasteiger partial charge in [0.15, 0.2) is 5.82 Å². The van der Waals surface area contributed by atoms with Gasteiger partial charge in [0.05, 0.1) is 0 Å². The molecule has 1 heterocycles. The first-order chi connectivity index (χ1) is 12.1. The van der Waals surface area contributed by atoms with Gasteiger partial charge < -0.3 is 0 Å². The maximum atomic E-state index is 13.9. The zero-order chi connectivity index (χ0) is 17.8. The summed E-state index contributed by atoms with van der Waals surface area (Å²) in [6.45, 7) is 2.19. The molecule has 1 aliphatic carbocycles. The van der Waals surface area contributed by atoms with Crippen LogP contribution in [0.25, 0.3) is 0 Å². The molecule has 1 aromatic heterocycles. The minimum atomic E-state index is -1.36. The topological polar surface area (TPSA) is 12.9 Å². The Hall–Kier alpha value is -1.84. The normalized spacial score (nSPS) is 20.6. The van der Waals surface area contributed by atoms with Crippen LogP contribution in [0.3, 0.4) is 0 Å². The average molecular weight is 347 g/mol. The molecule has 0 bridgehead atoms. The summed E-state index contributed by atoms with van der Waals surface area (Å²) in [5, 5.41) is 0. The van der Waals surface area contributed by atoms with Crippen LogP contribution in [0, 0.1) is 17.7 Å². The number of pyridine rings is 1. The highest BCUT2D eigenvalue weighted by atomic mass is 19.2. The molecule has 1 aromatic carbocycles. The van der Waals surface area contributed by atoms with Crippen molar-refractivity contribution in [1.29, 1.82) is 0 Å². The van der Waals surface area contributed by atoms with Crippen molar-refractivity contribution < 1.29 is 13.2 Å². The van der Waals surface area contributed by atoms with Gasteiger partial charge in [0.2, 0.25) is 5.95 Å².